The standard InChI is InChI=1S/C18H21N5O3/c1-25-16-9-15(20-13-21-16)22-7-4-18(5-8-22)12-23(17(24)11-26-18)14-3-2-6-19-10-14/h2-3,6,9-10,13H,4-5,7-8,11-12H2,1H3. The first kappa shape index (κ1) is 16.7. The molecule has 8 heteroatoms. The van der Waals surface area contributed by atoms with Crippen LogP contribution in [-0.4, -0.2) is 59.8 Å². The molecule has 8 nitrogen and oxygen atoms in total. The van der Waals surface area contributed by atoms with Crippen molar-refractivity contribution in [2.45, 2.75) is 18.4 Å². The van der Waals surface area contributed by atoms with Crippen LogP contribution in [0.5, 0.6) is 5.88 Å². The summed E-state index contributed by atoms with van der Waals surface area (Å²) in [5.41, 5.74) is 0.500. The lowest BCUT2D eigenvalue weighted by molar-refractivity contribution is -0.141. The Bertz CT molecular complexity index is 777. The van der Waals surface area contributed by atoms with Gasteiger partial charge in [0.1, 0.15) is 18.8 Å². The molecule has 136 valence electrons. The minimum Gasteiger partial charge on any atom is -0.481 e. The summed E-state index contributed by atoms with van der Waals surface area (Å²) in [4.78, 5) is 28.8. The van der Waals surface area contributed by atoms with Crippen LogP contribution in [0.2, 0.25) is 0 Å². The molecule has 0 aliphatic carbocycles. The summed E-state index contributed by atoms with van der Waals surface area (Å²) in [5.74, 6) is 1.38. The van der Waals surface area contributed by atoms with Crippen molar-refractivity contribution >= 4 is 17.4 Å². The highest BCUT2D eigenvalue weighted by Crippen LogP contribution is 2.34. The molecule has 0 aromatic carbocycles. The Morgan fingerprint density at radius 1 is 1.27 bits per heavy atom. The second kappa shape index (κ2) is 6.87. The molecule has 1 amide bonds. The molecule has 4 rings (SSSR count). The van der Waals surface area contributed by atoms with E-state index >= 15 is 0 Å². The van der Waals surface area contributed by atoms with Gasteiger partial charge in [0.15, 0.2) is 0 Å². The largest absolute Gasteiger partial charge is 0.481 e. The van der Waals surface area contributed by atoms with Crippen LogP contribution in [0.4, 0.5) is 11.5 Å². The maximum Gasteiger partial charge on any atom is 0.253 e. The maximum atomic E-state index is 12.3. The lowest BCUT2D eigenvalue weighted by atomic mass is 9.89. The molecule has 26 heavy (non-hydrogen) atoms. The fraction of sp³-hybridized carbons (Fsp3) is 0.444. The predicted octanol–water partition coefficient (Wildman–Crippen LogP) is 1.28. The number of methoxy groups -OCH3 is 1. The van der Waals surface area contributed by atoms with Gasteiger partial charge in [-0.3, -0.25) is 9.78 Å². The van der Waals surface area contributed by atoms with Crippen molar-refractivity contribution < 1.29 is 14.3 Å². The third-order valence-electron chi connectivity index (χ3n) is 5.04. The molecular formula is C18H21N5O3. The molecule has 1 spiro atoms. The number of aromatic nitrogens is 3. The maximum absolute atomic E-state index is 12.3. The van der Waals surface area contributed by atoms with Crippen molar-refractivity contribution in [3.05, 3.63) is 36.9 Å². The molecule has 0 N–H and O–H groups in total. The molecule has 2 aromatic heterocycles. The van der Waals surface area contributed by atoms with Crippen LogP contribution in [0.3, 0.4) is 0 Å². The zero-order valence-electron chi connectivity index (χ0n) is 14.7. The number of pyridine rings is 1. The summed E-state index contributed by atoms with van der Waals surface area (Å²) in [5, 5.41) is 0. The number of hydrogen-bond donors (Lipinski definition) is 0. The number of carbonyl (C=O) groups is 1. The Morgan fingerprint density at radius 3 is 2.85 bits per heavy atom. The third kappa shape index (κ3) is 3.20. The van der Waals surface area contributed by atoms with Crippen LogP contribution in [0.15, 0.2) is 36.9 Å². The van der Waals surface area contributed by atoms with E-state index < -0.39 is 0 Å². The van der Waals surface area contributed by atoms with Crippen LogP contribution in [0.25, 0.3) is 0 Å². The van der Waals surface area contributed by atoms with Crippen molar-refractivity contribution in [2.24, 2.45) is 0 Å². The summed E-state index contributed by atoms with van der Waals surface area (Å²) in [6.07, 6.45) is 6.59. The molecule has 2 aliphatic rings. The number of morpholine rings is 1. The summed E-state index contributed by atoms with van der Waals surface area (Å²) in [7, 11) is 1.59. The first-order valence-corrected chi connectivity index (χ1v) is 8.64. The Kier molecular flexibility index (Phi) is 4.42. The molecule has 2 aromatic rings. The number of carbonyl (C=O) groups excluding carboxylic acids is 1. The van der Waals surface area contributed by atoms with E-state index in [1.165, 1.54) is 6.33 Å². The highest BCUT2D eigenvalue weighted by molar-refractivity contribution is 5.95. The third-order valence-corrected chi connectivity index (χ3v) is 5.04. The Hall–Kier alpha value is -2.74. The highest BCUT2D eigenvalue weighted by atomic mass is 16.5. The minimum atomic E-state index is -0.322. The molecule has 2 aliphatic heterocycles. The van der Waals surface area contributed by atoms with E-state index in [1.807, 2.05) is 18.2 Å². The fourth-order valence-electron chi connectivity index (χ4n) is 3.52. The molecule has 4 heterocycles. The Morgan fingerprint density at radius 2 is 2.12 bits per heavy atom. The van der Waals surface area contributed by atoms with Crippen LogP contribution in [0.1, 0.15) is 12.8 Å². The highest BCUT2D eigenvalue weighted by Gasteiger charge is 2.43. The van der Waals surface area contributed by atoms with E-state index in [2.05, 4.69) is 19.9 Å². The molecule has 2 fully saturated rings. The summed E-state index contributed by atoms with van der Waals surface area (Å²) >= 11 is 0. The van der Waals surface area contributed by atoms with Gasteiger partial charge in [-0.15, -0.1) is 0 Å². The van der Waals surface area contributed by atoms with Gasteiger partial charge in [-0.1, -0.05) is 0 Å². The lowest BCUT2D eigenvalue weighted by Gasteiger charge is -2.47. The number of ether oxygens (including phenoxy) is 2. The minimum absolute atomic E-state index is 0.0217. The lowest BCUT2D eigenvalue weighted by Crippen LogP contribution is -2.59. The van der Waals surface area contributed by atoms with Crippen molar-refractivity contribution in [2.75, 3.05) is 43.2 Å². The van der Waals surface area contributed by atoms with Gasteiger partial charge in [-0.05, 0) is 25.0 Å². The number of anilines is 2. The normalized spacial score (nSPS) is 19.7. The monoisotopic (exact) mass is 355 g/mol. The molecule has 2 saturated heterocycles. The van der Waals surface area contributed by atoms with Gasteiger partial charge in [0.2, 0.25) is 5.88 Å². The summed E-state index contributed by atoms with van der Waals surface area (Å²) in [6, 6.07) is 5.59. The van der Waals surface area contributed by atoms with Crippen molar-refractivity contribution in [3.8, 4) is 5.88 Å². The van der Waals surface area contributed by atoms with Gasteiger partial charge in [0, 0.05) is 25.4 Å². The van der Waals surface area contributed by atoms with Gasteiger partial charge in [0.05, 0.1) is 31.1 Å². The summed E-state index contributed by atoms with van der Waals surface area (Å²) in [6.45, 7) is 2.26. The average molecular weight is 355 g/mol. The van der Waals surface area contributed by atoms with Crippen molar-refractivity contribution in [1.82, 2.24) is 15.0 Å². The first-order valence-electron chi connectivity index (χ1n) is 8.64. The average Bonchev–Trinajstić information content (AvgIpc) is 2.71. The van der Waals surface area contributed by atoms with Gasteiger partial charge >= 0.3 is 0 Å². The molecule has 0 saturated carbocycles. The van der Waals surface area contributed by atoms with E-state index in [9.17, 15) is 4.79 Å². The van der Waals surface area contributed by atoms with Gasteiger partial charge < -0.3 is 19.3 Å². The first-order chi connectivity index (χ1) is 12.7. The van der Waals surface area contributed by atoms with Crippen LogP contribution in [0, 0.1) is 0 Å². The Balaban J connectivity index is 1.47. The van der Waals surface area contributed by atoms with Gasteiger partial charge in [-0.2, -0.15) is 0 Å². The van der Waals surface area contributed by atoms with Crippen LogP contribution < -0.4 is 14.5 Å². The topological polar surface area (TPSA) is 80.7 Å². The van der Waals surface area contributed by atoms with Gasteiger partial charge in [-0.25, -0.2) is 9.97 Å². The van der Waals surface area contributed by atoms with Gasteiger partial charge in [0.25, 0.3) is 5.91 Å². The summed E-state index contributed by atoms with van der Waals surface area (Å²) < 4.78 is 11.2. The van der Waals surface area contributed by atoms with E-state index in [0.717, 1.165) is 37.4 Å². The van der Waals surface area contributed by atoms with Crippen molar-refractivity contribution in [3.63, 3.8) is 0 Å². The molecular weight excluding hydrogens is 334 g/mol. The smallest absolute Gasteiger partial charge is 0.253 e. The second-order valence-electron chi connectivity index (χ2n) is 6.57. The number of piperidine rings is 1. The SMILES string of the molecule is COc1cc(N2CCC3(CC2)CN(c2cccnc2)C(=O)CO3)ncn1. The van der Waals surface area contributed by atoms with Crippen molar-refractivity contribution in [1.29, 1.82) is 0 Å². The van der Waals surface area contributed by atoms with E-state index in [1.54, 1.807) is 24.4 Å². The van der Waals surface area contributed by atoms with Crippen LogP contribution in [-0.2, 0) is 9.53 Å². The van der Waals surface area contributed by atoms with E-state index in [4.69, 9.17) is 9.47 Å². The number of amides is 1. The number of rotatable bonds is 3. The van der Waals surface area contributed by atoms with Crippen LogP contribution >= 0.6 is 0 Å². The second-order valence-corrected chi connectivity index (χ2v) is 6.57. The zero-order valence-corrected chi connectivity index (χ0v) is 14.7. The quantitative estimate of drug-likeness (QED) is 0.820. The zero-order chi connectivity index (χ0) is 18.0. The Labute approximate surface area is 151 Å². The number of nitrogens with zero attached hydrogens (tertiary/aromatic N) is 5. The molecule has 0 radical (unpaired) electrons. The fourth-order valence-corrected chi connectivity index (χ4v) is 3.52. The van der Waals surface area contributed by atoms with E-state index in [-0.39, 0.29) is 18.1 Å². The molecule has 0 atom stereocenters. The van der Waals surface area contributed by atoms with E-state index in [0.29, 0.717) is 12.4 Å². The molecule has 0 bridgehead atoms. The number of hydrogen-bond acceptors (Lipinski definition) is 7. The predicted molar refractivity (Wildman–Crippen MR) is 95.3 cm³/mol. The molecule has 0 unspecified atom stereocenters.